The highest BCUT2D eigenvalue weighted by atomic mass is 16.1. The Bertz CT molecular complexity index is 538. The maximum absolute atomic E-state index is 11.5. The standard InChI is InChI=1S/C10H9BN2O.H2/c1-2-6-3-7-5-12-9(11)4-8(7)13-10(6)14;/h3-5H,2H2,1H3,(H,13,14);1H. The molecule has 14 heavy (non-hydrogen) atoms. The summed E-state index contributed by atoms with van der Waals surface area (Å²) in [7, 11) is 5.51. The highest BCUT2D eigenvalue weighted by Crippen LogP contribution is 2.07. The van der Waals surface area contributed by atoms with Gasteiger partial charge in [0.15, 0.2) is 0 Å². The molecule has 0 saturated heterocycles. The van der Waals surface area contributed by atoms with Gasteiger partial charge in [0, 0.05) is 18.6 Å². The fourth-order valence-corrected chi connectivity index (χ4v) is 1.42. The second-order valence-electron chi connectivity index (χ2n) is 3.17. The van der Waals surface area contributed by atoms with E-state index in [0.717, 1.165) is 22.9 Å². The lowest BCUT2D eigenvalue weighted by Gasteiger charge is -2.01. The summed E-state index contributed by atoms with van der Waals surface area (Å²) in [6.45, 7) is 1.95. The Morgan fingerprint density at radius 3 is 3.07 bits per heavy atom. The van der Waals surface area contributed by atoms with Crippen molar-refractivity contribution in [3.8, 4) is 0 Å². The van der Waals surface area contributed by atoms with Crippen LogP contribution in [0, 0.1) is 0 Å². The minimum Gasteiger partial charge on any atom is -0.322 e. The van der Waals surface area contributed by atoms with Crippen LogP contribution in [0.15, 0.2) is 23.1 Å². The lowest BCUT2D eigenvalue weighted by atomic mass is 10.0. The highest BCUT2D eigenvalue weighted by molar-refractivity contribution is 6.31. The summed E-state index contributed by atoms with van der Waals surface area (Å²) in [5, 5.41) is 0.913. The Hall–Kier alpha value is -1.58. The van der Waals surface area contributed by atoms with Crippen LogP contribution in [0.25, 0.3) is 10.9 Å². The van der Waals surface area contributed by atoms with E-state index in [0.29, 0.717) is 5.59 Å². The number of rotatable bonds is 1. The molecule has 0 aliphatic heterocycles. The van der Waals surface area contributed by atoms with Gasteiger partial charge in [0.25, 0.3) is 5.56 Å². The van der Waals surface area contributed by atoms with Crippen LogP contribution in [0.2, 0.25) is 0 Å². The predicted molar refractivity (Wildman–Crippen MR) is 59.2 cm³/mol. The fourth-order valence-electron chi connectivity index (χ4n) is 1.42. The molecular formula is C10H11BN2O. The molecule has 70 valence electrons. The van der Waals surface area contributed by atoms with Crippen molar-refractivity contribution in [2.75, 3.05) is 0 Å². The summed E-state index contributed by atoms with van der Waals surface area (Å²) in [5.41, 5.74) is 1.87. The van der Waals surface area contributed by atoms with E-state index in [4.69, 9.17) is 7.85 Å². The Labute approximate surface area is 84.1 Å². The van der Waals surface area contributed by atoms with Gasteiger partial charge < -0.3 is 4.98 Å². The average Bonchev–Trinajstić information content (AvgIpc) is 2.16. The number of hydrogen-bond donors (Lipinski definition) is 1. The normalized spacial score (nSPS) is 10.6. The minimum atomic E-state index is -0.0504. The second kappa shape index (κ2) is 3.29. The molecule has 2 heterocycles. The molecule has 0 unspecified atom stereocenters. The maximum Gasteiger partial charge on any atom is 0.251 e. The number of H-pyrrole nitrogens is 1. The van der Waals surface area contributed by atoms with E-state index in [2.05, 4.69) is 9.97 Å². The van der Waals surface area contributed by atoms with Crippen LogP contribution in [0.1, 0.15) is 13.9 Å². The Morgan fingerprint density at radius 1 is 1.57 bits per heavy atom. The molecule has 0 atom stereocenters. The summed E-state index contributed by atoms with van der Waals surface area (Å²) in [6, 6.07) is 3.51. The van der Waals surface area contributed by atoms with Gasteiger partial charge in [-0.2, -0.15) is 0 Å². The number of pyridine rings is 2. The molecule has 0 amide bonds. The third kappa shape index (κ3) is 1.43. The molecule has 0 spiro atoms. The molecule has 1 N–H and O–H groups in total. The number of nitrogens with one attached hydrogen (secondary N) is 1. The predicted octanol–water partition coefficient (Wildman–Crippen LogP) is 0.525. The third-order valence-electron chi connectivity index (χ3n) is 2.21. The Balaban J connectivity index is 0.00000112. The molecule has 2 rings (SSSR count). The largest absolute Gasteiger partial charge is 0.322 e. The van der Waals surface area contributed by atoms with Crippen LogP contribution in [-0.4, -0.2) is 17.8 Å². The molecule has 0 aromatic carbocycles. The first-order valence-corrected chi connectivity index (χ1v) is 4.48. The monoisotopic (exact) mass is 186 g/mol. The topological polar surface area (TPSA) is 45.8 Å². The molecule has 2 aromatic rings. The first-order valence-electron chi connectivity index (χ1n) is 4.48. The van der Waals surface area contributed by atoms with Crippen LogP contribution in [0.5, 0.6) is 0 Å². The average molecular weight is 186 g/mol. The maximum atomic E-state index is 11.5. The van der Waals surface area contributed by atoms with Gasteiger partial charge in [-0.05, 0) is 24.1 Å². The SMILES string of the molecule is [B]c1cc2[nH]c(=O)c(CC)cc2cn1.[HH]. The zero-order valence-electron chi connectivity index (χ0n) is 7.87. The van der Waals surface area contributed by atoms with E-state index in [1.807, 2.05) is 13.0 Å². The molecular weight excluding hydrogens is 175 g/mol. The van der Waals surface area contributed by atoms with Crippen molar-refractivity contribution in [2.45, 2.75) is 13.3 Å². The van der Waals surface area contributed by atoms with E-state index in [9.17, 15) is 4.79 Å². The summed E-state index contributed by atoms with van der Waals surface area (Å²) in [5.74, 6) is 0. The molecule has 0 saturated carbocycles. The number of fused-ring (bicyclic) bond motifs is 1. The summed E-state index contributed by atoms with van der Waals surface area (Å²) in [6.07, 6.45) is 2.38. The van der Waals surface area contributed by atoms with Crippen molar-refractivity contribution in [1.29, 1.82) is 0 Å². The molecule has 0 fully saturated rings. The summed E-state index contributed by atoms with van der Waals surface area (Å²) >= 11 is 0. The molecule has 2 radical (unpaired) electrons. The van der Waals surface area contributed by atoms with E-state index < -0.39 is 0 Å². The van der Waals surface area contributed by atoms with Gasteiger partial charge in [0.2, 0.25) is 0 Å². The molecule has 4 heteroatoms. The summed E-state index contributed by atoms with van der Waals surface area (Å²) in [4.78, 5) is 18.2. The third-order valence-corrected chi connectivity index (χ3v) is 2.21. The smallest absolute Gasteiger partial charge is 0.251 e. The quantitative estimate of drug-likeness (QED) is 0.660. The van der Waals surface area contributed by atoms with Crippen LogP contribution < -0.4 is 11.2 Å². The van der Waals surface area contributed by atoms with Crippen molar-refractivity contribution in [3.63, 3.8) is 0 Å². The number of nitrogens with zero attached hydrogens (tertiary/aromatic N) is 1. The second-order valence-corrected chi connectivity index (χ2v) is 3.17. The van der Waals surface area contributed by atoms with Gasteiger partial charge in [0.1, 0.15) is 7.85 Å². The molecule has 0 bridgehead atoms. The van der Waals surface area contributed by atoms with E-state index in [-0.39, 0.29) is 6.99 Å². The lowest BCUT2D eigenvalue weighted by Crippen LogP contribution is -2.14. The van der Waals surface area contributed by atoms with Crippen molar-refractivity contribution in [1.82, 2.24) is 9.97 Å². The Kier molecular flexibility index (Phi) is 2.12. The van der Waals surface area contributed by atoms with Gasteiger partial charge >= 0.3 is 0 Å². The van der Waals surface area contributed by atoms with Gasteiger partial charge in [-0.25, -0.2) is 0 Å². The van der Waals surface area contributed by atoms with Crippen molar-refractivity contribution in [3.05, 3.63) is 34.2 Å². The fraction of sp³-hybridized carbons (Fsp3) is 0.200. The zero-order valence-corrected chi connectivity index (χ0v) is 7.87. The molecule has 2 aromatic heterocycles. The Morgan fingerprint density at radius 2 is 2.36 bits per heavy atom. The van der Waals surface area contributed by atoms with Gasteiger partial charge in [0.05, 0.1) is 5.52 Å². The summed E-state index contributed by atoms with van der Waals surface area (Å²) < 4.78 is 0. The van der Waals surface area contributed by atoms with E-state index >= 15 is 0 Å². The van der Waals surface area contributed by atoms with Crippen LogP contribution in [0.3, 0.4) is 0 Å². The van der Waals surface area contributed by atoms with Crippen molar-refractivity contribution in [2.24, 2.45) is 0 Å². The van der Waals surface area contributed by atoms with Gasteiger partial charge in [-0.1, -0.05) is 6.92 Å². The zero-order chi connectivity index (χ0) is 10.1. The number of aromatic amines is 1. The van der Waals surface area contributed by atoms with Crippen molar-refractivity contribution < 1.29 is 1.43 Å². The lowest BCUT2D eigenvalue weighted by molar-refractivity contribution is 1.08. The minimum absolute atomic E-state index is 0. The number of aromatic nitrogens is 2. The first kappa shape index (κ1) is 9.00. The van der Waals surface area contributed by atoms with Crippen LogP contribution >= 0.6 is 0 Å². The molecule has 0 aliphatic rings. The highest BCUT2D eigenvalue weighted by Gasteiger charge is 2.00. The van der Waals surface area contributed by atoms with E-state index in [1.54, 1.807) is 12.3 Å². The van der Waals surface area contributed by atoms with Gasteiger partial charge in [-0.3, -0.25) is 9.78 Å². The van der Waals surface area contributed by atoms with Crippen LogP contribution in [-0.2, 0) is 6.42 Å². The molecule has 3 nitrogen and oxygen atoms in total. The van der Waals surface area contributed by atoms with Crippen molar-refractivity contribution >= 4 is 24.3 Å². The first-order chi connectivity index (χ1) is 6.70. The van der Waals surface area contributed by atoms with Crippen LogP contribution in [0.4, 0.5) is 0 Å². The van der Waals surface area contributed by atoms with E-state index in [1.165, 1.54) is 0 Å². The number of hydrogen-bond acceptors (Lipinski definition) is 2. The molecule has 0 aliphatic carbocycles. The van der Waals surface area contributed by atoms with Gasteiger partial charge in [-0.15, -0.1) is 0 Å². The number of aryl methyl sites for hydroxylation is 1.